The minimum absolute atomic E-state index is 0.108. The summed E-state index contributed by atoms with van der Waals surface area (Å²) in [6.07, 6.45) is 4.38. The lowest BCUT2D eigenvalue weighted by Crippen LogP contribution is -2.52. The molecule has 0 fully saturated rings. The number of nitrogens with zero attached hydrogens (tertiary/aromatic N) is 1. The van der Waals surface area contributed by atoms with E-state index in [2.05, 4.69) is 5.43 Å². The van der Waals surface area contributed by atoms with E-state index in [0.29, 0.717) is 18.5 Å². The maximum atomic E-state index is 13.5. The summed E-state index contributed by atoms with van der Waals surface area (Å²) in [5.41, 5.74) is 5.93. The number of hydrogen-bond acceptors (Lipinski definition) is 4. The fourth-order valence-electron chi connectivity index (χ4n) is 3.91. The Morgan fingerprint density at radius 3 is 2.00 bits per heavy atom. The molecular formula is C28H37N3O4. The Morgan fingerprint density at radius 1 is 0.857 bits per heavy atom. The molecule has 0 aliphatic rings. The van der Waals surface area contributed by atoms with Gasteiger partial charge in [-0.05, 0) is 42.4 Å². The summed E-state index contributed by atoms with van der Waals surface area (Å²) < 4.78 is 0. The van der Waals surface area contributed by atoms with Gasteiger partial charge in [0, 0.05) is 12.1 Å². The third-order valence-corrected chi connectivity index (χ3v) is 5.55. The van der Waals surface area contributed by atoms with Gasteiger partial charge in [-0.3, -0.25) is 25.0 Å². The van der Waals surface area contributed by atoms with Gasteiger partial charge in [0.1, 0.15) is 0 Å². The van der Waals surface area contributed by atoms with Crippen molar-refractivity contribution < 1.29 is 19.6 Å². The van der Waals surface area contributed by atoms with E-state index in [4.69, 9.17) is 0 Å². The monoisotopic (exact) mass is 479 g/mol. The summed E-state index contributed by atoms with van der Waals surface area (Å²) in [6.45, 7) is 8.17. The topological polar surface area (TPSA) is 98.7 Å². The average Bonchev–Trinajstić information content (AvgIpc) is 2.85. The third-order valence-electron chi connectivity index (χ3n) is 5.55. The lowest BCUT2D eigenvalue weighted by molar-refractivity contribution is -0.142. The summed E-state index contributed by atoms with van der Waals surface area (Å²) in [5, 5.41) is 10.7. The van der Waals surface area contributed by atoms with Gasteiger partial charge in [0.05, 0.1) is 11.8 Å². The van der Waals surface area contributed by atoms with Crippen molar-refractivity contribution in [2.75, 3.05) is 6.54 Å². The van der Waals surface area contributed by atoms with Gasteiger partial charge in [-0.15, -0.1) is 0 Å². The van der Waals surface area contributed by atoms with Crippen LogP contribution in [0.5, 0.6) is 0 Å². The highest BCUT2D eigenvalue weighted by Gasteiger charge is 2.35. The van der Waals surface area contributed by atoms with E-state index < -0.39 is 23.7 Å². The fraction of sp³-hybridized carbons (Fsp3) is 0.393. The summed E-state index contributed by atoms with van der Waals surface area (Å²) in [6, 6.07) is 18.4. The molecule has 0 aliphatic heterocycles. The van der Waals surface area contributed by atoms with Crippen molar-refractivity contribution in [3.63, 3.8) is 0 Å². The predicted octanol–water partition coefficient (Wildman–Crippen LogP) is 4.70. The Hall–Kier alpha value is -3.45. The summed E-state index contributed by atoms with van der Waals surface area (Å²) in [4.78, 5) is 39.3. The first-order chi connectivity index (χ1) is 16.7. The molecule has 0 radical (unpaired) electrons. The second kappa shape index (κ2) is 14.1. The SMILES string of the molecule is CC(C)C[C@@H](C(=O)NN(CC(C)C)C(=O)c1ccccc1)[C@H](C/C=C/c1ccccc1)C(=O)NO. The van der Waals surface area contributed by atoms with Crippen LogP contribution in [-0.4, -0.2) is 34.5 Å². The number of rotatable bonds is 11. The van der Waals surface area contributed by atoms with E-state index in [9.17, 15) is 19.6 Å². The minimum Gasteiger partial charge on any atom is -0.289 e. The number of nitrogens with one attached hydrogen (secondary N) is 2. The van der Waals surface area contributed by atoms with E-state index in [1.165, 1.54) is 5.01 Å². The zero-order valence-electron chi connectivity index (χ0n) is 21.0. The highest BCUT2D eigenvalue weighted by molar-refractivity contribution is 5.96. The minimum atomic E-state index is -0.810. The van der Waals surface area contributed by atoms with Crippen LogP contribution < -0.4 is 10.9 Å². The van der Waals surface area contributed by atoms with E-state index in [1.54, 1.807) is 29.7 Å². The Morgan fingerprint density at radius 2 is 1.46 bits per heavy atom. The van der Waals surface area contributed by atoms with Gasteiger partial charge < -0.3 is 0 Å². The number of carbonyl (C=O) groups is 3. The third kappa shape index (κ3) is 9.02. The molecule has 0 aromatic heterocycles. The van der Waals surface area contributed by atoms with Gasteiger partial charge in [-0.25, -0.2) is 10.5 Å². The zero-order valence-corrected chi connectivity index (χ0v) is 21.0. The number of hydroxylamine groups is 1. The molecule has 0 saturated carbocycles. The quantitative estimate of drug-likeness (QED) is 0.321. The van der Waals surface area contributed by atoms with Crippen LogP contribution in [0.1, 0.15) is 56.5 Å². The van der Waals surface area contributed by atoms with Gasteiger partial charge >= 0.3 is 0 Å². The first-order valence-electron chi connectivity index (χ1n) is 12.1. The van der Waals surface area contributed by atoms with Crippen molar-refractivity contribution in [1.29, 1.82) is 0 Å². The predicted molar refractivity (Wildman–Crippen MR) is 137 cm³/mol. The zero-order chi connectivity index (χ0) is 25.8. The Labute approximate surface area is 208 Å². The Balaban J connectivity index is 2.29. The number of allylic oxidation sites excluding steroid dienone is 1. The van der Waals surface area contributed by atoms with Crippen LogP contribution >= 0.6 is 0 Å². The van der Waals surface area contributed by atoms with Gasteiger partial charge in [0.15, 0.2) is 0 Å². The van der Waals surface area contributed by atoms with Crippen molar-refractivity contribution >= 4 is 23.8 Å². The highest BCUT2D eigenvalue weighted by atomic mass is 16.5. The molecule has 2 rings (SSSR count). The van der Waals surface area contributed by atoms with E-state index in [0.717, 1.165) is 5.56 Å². The fourth-order valence-corrected chi connectivity index (χ4v) is 3.91. The number of hydrogen-bond donors (Lipinski definition) is 3. The molecule has 3 N–H and O–H groups in total. The molecule has 2 aromatic rings. The molecule has 0 saturated heterocycles. The van der Waals surface area contributed by atoms with Crippen LogP contribution in [-0.2, 0) is 9.59 Å². The van der Waals surface area contributed by atoms with Crippen molar-refractivity contribution in [1.82, 2.24) is 15.9 Å². The van der Waals surface area contributed by atoms with Crippen LogP contribution in [0.3, 0.4) is 0 Å². The van der Waals surface area contributed by atoms with Crippen LogP contribution in [0.4, 0.5) is 0 Å². The molecule has 7 nitrogen and oxygen atoms in total. The summed E-state index contributed by atoms with van der Waals surface area (Å²) in [5.74, 6) is -2.71. The molecule has 0 spiro atoms. The molecule has 35 heavy (non-hydrogen) atoms. The molecule has 3 amide bonds. The van der Waals surface area contributed by atoms with Crippen molar-refractivity contribution in [3.8, 4) is 0 Å². The lowest BCUT2D eigenvalue weighted by Gasteiger charge is -2.30. The van der Waals surface area contributed by atoms with Crippen LogP contribution in [0.15, 0.2) is 66.7 Å². The van der Waals surface area contributed by atoms with E-state index >= 15 is 0 Å². The summed E-state index contributed by atoms with van der Waals surface area (Å²) >= 11 is 0. The number of benzene rings is 2. The van der Waals surface area contributed by atoms with E-state index in [1.807, 2.05) is 76.2 Å². The molecule has 2 atom stereocenters. The maximum absolute atomic E-state index is 13.5. The lowest BCUT2D eigenvalue weighted by atomic mass is 9.82. The maximum Gasteiger partial charge on any atom is 0.272 e. The average molecular weight is 480 g/mol. The molecule has 0 heterocycles. The van der Waals surface area contributed by atoms with Crippen LogP contribution in [0.2, 0.25) is 0 Å². The summed E-state index contributed by atoms with van der Waals surface area (Å²) in [7, 11) is 0. The van der Waals surface area contributed by atoms with Gasteiger partial charge in [0.2, 0.25) is 11.8 Å². The Bertz CT molecular complexity index is 974. The highest BCUT2D eigenvalue weighted by Crippen LogP contribution is 2.26. The molecule has 188 valence electrons. The molecule has 2 aromatic carbocycles. The molecule has 0 aliphatic carbocycles. The van der Waals surface area contributed by atoms with Gasteiger partial charge in [0.25, 0.3) is 5.91 Å². The van der Waals surface area contributed by atoms with Gasteiger partial charge in [-0.2, -0.15) is 0 Å². The molecule has 0 unspecified atom stereocenters. The molecular weight excluding hydrogens is 442 g/mol. The largest absolute Gasteiger partial charge is 0.289 e. The first-order valence-corrected chi connectivity index (χ1v) is 12.1. The number of amides is 3. The Kier molecular flexibility index (Phi) is 11.2. The standard InChI is InChI=1S/C28H37N3O4/c1-20(2)18-25(24(27(33)30-35)17-11-14-22-12-7-5-8-13-22)26(32)29-31(19-21(3)4)28(34)23-15-9-6-10-16-23/h5-16,20-21,24-25,35H,17-19H2,1-4H3,(H,29,32)(H,30,33)/b14-11+/t24-,25+/m0/s1. The first kappa shape index (κ1) is 27.8. The number of carbonyl (C=O) groups excluding carboxylic acids is 3. The van der Waals surface area contributed by atoms with Crippen LogP contribution in [0, 0.1) is 23.7 Å². The second-order valence-corrected chi connectivity index (χ2v) is 9.52. The molecule has 0 bridgehead atoms. The van der Waals surface area contributed by atoms with Gasteiger partial charge in [-0.1, -0.05) is 88.4 Å². The van der Waals surface area contributed by atoms with Crippen molar-refractivity contribution in [2.45, 2.75) is 40.5 Å². The van der Waals surface area contributed by atoms with Crippen LogP contribution in [0.25, 0.3) is 6.08 Å². The smallest absolute Gasteiger partial charge is 0.272 e. The normalized spacial score (nSPS) is 13.0. The second-order valence-electron chi connectivity index (χ2n) is 9.52. The van der Waals surface area contributed by atoms with Crippen molar-refractivity contribution in [2.24, 2.45) is 23.7 Å². The number of hydrazine groups is 1. The van der Waals surface area contributed by atoms with E-state index in [-0.39, 0.29) is 24.2 Å². The molecule has 7 heteroatoms. The van der Waals surface area contributed by atoms with Crippen molar-refractivity contribution in [3.05, 3.63) is 77.9 Å².